The predicted octanol–water partition coefficient (Wildman–Crippen LogP) is 4.17. The minimum atomic E-state index is -0.0666. The first kappa shape index (κ1) is 13.7. The summed E-state index contributed by atoms with van der Waals surface area (Å²) in [7, 11) is 0. The Balaban J connectivity index is 1.63. The molecule has 116 valence electrons. The number of benzene rings is 2. The van der Waals surface area contributed by atoms with Gasteiger partial charge >= 0.3 is 0 Å². The molecule has 0 amide bonds. The lowest BCUT2D eigenvalue weighted by Crippen LogP contribution is -2.27. The van der Waals surface area contributed by atoms with E-state index in [2.05, 4.69) is 48.3 Å². The molecule has 3 aromatic rings. The normalized spacial score (nSPS) is 18.5. The minimum Gasteiger partial charge on any atom is -0.255 e. The number of hydrogen-bond donors (Lipinski definition) is 0. The highest BCUT2D eigenvalue weighted by Crippen LogP contribution is 2.38. The van der Waals surface area contributed by atoms with Crippen LogP contribution in [0.4, 0.5) is 5.82 Å². The van der Waals surface area contributed by atoms with E-state index >= 15 is 0 Å². The fourth-order valence-electron chi connectivity index (χ4n) is 3.00. The summed E-state index contributed by atoms with van der Waals surface area (Å²) < 4.78 is 0. The molecule has 0 N–H and O–H groups in total. The highest BCUT2D eigenvalue weighted by molar-refractivity contribution is 8.15. The molecule has 0 saturated carbocycles. The lowest BCUT2D eigenvalue weighted by Gasteiger charge is -2.23. The molecule has 5 heteroatoms. The van der Waals surface area contributed by atoms with Gasteiger partial charge in [0.05, 0.1) is 5.52 Å². The lowest BCUT2D eigenvalue weighted by atomic mass is 10.1. The number of hydrazone groups is 1. The fraction of sp³-hybridized carbons (Fsp3) is 0.105. The van der Waals surface area contributed by atoms with E-state index in [0.717, 1.165) is 32.9 Å². The molecule has 24 heavy (non-hydrogen) atoms. The van der Waals surface area contributed by atoms with Gasteiger partial charge in [0, 0.05) is 22.7 Å². The maximum Gasteiger partial charge on any atom is 0.196 e. The Labute approximate surface area is 143 Å². The summed E-state index contributed by atoms with van der Waals surface area (Å²) in [5, 5.41) is 8.83. The van der Waals surface area contributed by atoms with Gasteiger partial charge in [0.15, 0.2) is 11.3 Å². The minimum absolute atomic E-state index is 0.0666. The number of thioether (sulfide) groups is 1. The number of aromatic nitrogens is 1. The van der Waals surface area contributed by atoms with Gasteiger partial charge in [0.1, 0.15) is 5.04 Å². The molecule has 0 bridgehead atoms. The van der Waals surface area contributed by atoms with Crippen molar-refractivity contribution in [3.05, 3.63) is 71.3 Å². The Morgan fingerprint density at radius 1 is 1.04 bits per heavy atom. The molecule has 3 heterocycles. The zero-order chi connectivity index (χ0) is 16.1. The predicted molar refractivity (Wildman–Crippen MR) is 101 cm³/mol. The topological polar surface area (TPSA) is 40.9 Å². The van der Waals surface area contributed by atoms with Crippen molar-refractivity contribution >= 4 is 39.7 Å². The van der Waals surface area contributed by atoms with Crippen molar-refractivity contribution in [3.63, 3.8) is 0 Å². The van der Waals surface area contributed by atoms with E-state index in [1.54, 1.807) is 11.8 Å². The second-order valence-corrected chi connectivity index (χ2v) is 6.98. The highest BCUT2D eigenvalue weighted by atomic mass is 32.2. The number of aliphatic imine (C=N–C) groups is 1. The van der Waals surface area contributed by atoms with Crippen LogP contribution in [0.1, 0.15) is 16.7 Å². The van der Waals surface area contributed by atoms with Crippen molar-refractivity contribution in [1.29, 1.82) is 0 Å². The van der Waals surface area contributed by atoms with Gasteiger partial charge in [-0.1, -0.05) is 53.7 Å². The molecule has 1 unspecified atom stereocenters. The van der Waals surface area contributed by atoms with E-state index < -0.39 is 0 Å². The Bertz CT molecular complexity index is 1010. The molecular weight excluding hydrogens is 316 g/mol. The third-order valence-corrected chi connectivity index (χ3v) is 5.26. The molecule has 2 aliphatic heterocycles. The summed E-state index contributed by atoms with van der Waals surface area (Å²) in [5.41, 5.74) is 4.29. The highest BCUT2D eigenvalue weighted by Gasteiger charge is 2.33. The Morgan fingerprint density at radius 2 is 1.92 bits per heavy atom. The number of rotatable bonds is 1. The van der Waals surface area contributed by atoms with Crippen LogP contribution < -0.4 is 5.01 Å². The van der Waals surface area contributed by atoms with Gasteiger partial charge in [0.2, 0.25) is 0 Å². The van der Waals surface area contributed by atoms with Gasteiger partial charge < -0.3 is 0 Å². The summed E-state index contributed by atoms with van der Waals surface area (Å²) in [4.78, 5) is 9.49. The summed E-state index contributed by atoms with van der Waals surface area (Å²) >= 11 is 1.66. The average Bonchev–Trinajstić information content (AvgIpc) is 3.05. The number of aryl methyl sites for hydroxylation is 1. The van der Waals surface area contributed by atoms with Gasteiger partial charge in [-0.25, -0.2) is 9.99 Å². The maximum absolute atomic E-state index is 4.84. The third-order valence-electron chi connectivity index (χ3n) is 4.18. The van der Waals surface area contributed by atoms with Gasteiger partial charge in [-0.05, 0) is 25.1 Å². The first-order valence-electron chi connectivity index (χ1n) is 7.82. The summed E-state index contributed by atoms with van der Waals surface area (Å²) in [6.07, 6.45) is 1.92. The Kier molecular flexibility index (Phi) is 2.97. The van der Waals surface area contributed by atoms with Crippen molar-refractivity contribution < 1.29 is 0 Å². The van der Waals surface area contributed by atoms with E-state index in [1.165, 1.54) is 5.56 Å². The van der Waals surface area contributed by atoms with Gasteiger partial charge in [-0.3, -0.25) is 4.99 Å². The fourth-order valence-corrected chi connectivity index (χ4v) is 3.97. The van der Waals surface area contributed by atoms with Crippen LogP contribution in [0.2, 0.25) is 0 Å². The monoisotopic (exact) mass is 330 g/mol. The third kappa shape index (κ3) is 2.12. The van der Waals surface area contributed by atoms with Crippen molar-refractivity contribution in [2.75, 3.05) is 5.01 Å². The summed E-state index contributed by atoms with van der Waals surface area (Å²) in [6, 6.07) is 18.7. The second kappa shape index (κ2) is 5.18. The molecular formula is C19H14N4S. The van der Waals surface area contributed by atoms with Gasteiger partial charge in [-0.2, -0.15) is 5.10 Å². The van der Waals surface area contributed by atoms with Crippen molar-refractivity contribution in [2.45, 2.75) is 12.4 Å². The zero-order valence-corrected chi connectivity index (χ0v) is 13.9. The van der Waals surface area contributed by atoms with E-state index in [-0.39, 0.29) is 5.50 Å². The van der Waals surface area contributed by atoms with Crippen molar-refractivity contribution in [3.8, 4) is 0 Å². The molecule has 0 radical (unpaired) electrons. The van der Waals surface area contributed by atoms with E-state index in [9.17, 15) is 0 Å². The average molecular weight is 330 g/mol. The SMILES string of the molecule is Cc1ccc2nc3c(cc2c1)C=NC1SC(c2ccccc2)=NN31. The van der Waals surface area contributed by atoms with E-state index in [1.807, 2.05) is 29.4 Å². The van der Waals surface area contributed by atoms with E-state index in [4.69, 9.17) is 10.1 Å². The lowest BCUT2D eigenvalue weighted by molar-refractivity contribution is 0.810. The summed E-state index contributed by atoms with van der Waals surface area (Å²) in [5.74, 6) is 0.879. The maximum atomic E-state index is 4.84. The van der Waals surface area contributed by atoms with Crippen LogP contribution in [0, 0.1) is 6.92 Å². The van der Waals surface area contributed by atoms with E-state index in [0.29, 0.717) is 0 Å². The number of hydrogen-bond acceptors (Lipinski definition) is 5. The van der Waals surface area contributed by atoms with Crippen LogP contribution in [0.5, 0.6) is 0 Å². The Hall–Kier alpha value is -2.66. The second-order valence-electron chi connectivity index (χ2n) is 5.94. The molecule has 0 saturated heterocycles. The van der Waals surface area contributed by atoms with Crippen LogP contribution in [-0.4, -0.2) is 21.7 Å². The molecule has 0 fully saturated rings. The molecule has 4 nitrogen and oxygen atoms in total. The van der Waals surface area contributed by atoms with Gasteiger partial charge in [-0.15, -0.1) is 0 Å². The van der Waals surface area contributed by atoms with Crippen LogP contribution in [0.25, 0.3) is 10.9 Å². The zero-order valence-electron chi connectivity index (χ0n) is 13.0. The molecule has 1 atom stereocenters. The molecule has 2 aromatic carbocycles. The largest absolute Gasteiger partial charge is 0.255 e. The number of anilines is 1. The summed E-state index contributed by atoms with van der Waals surface area (Å²) in [6.45, 7) is 2.09. The van der Waals surface area contributed by atoms with Crippen molar-refractivity contribution in [1.82, 2.24) is 4.98 Å². The number of fused-ring (bicyclic) bond motifs is 4. The first-order valence-corrected chi connectivity index (χ1v) is 8.70. The van der Waals surface area contributed by atoms with Crippen LogP contribution in [0.15, 0.2) is 64.7 Å². The van der Waals surface area contributed by atoms with Gasteiger partial charge in [0.25, 0.3) is 0 Å². The van der Waals surface area contributed by atoms with Crippen LogP contribution >= 0.6 is 11.8 Å². The standard InChI is InChI=1S/C19H14N4S/c1-12-7-8-16-14(9-12)10-15-11-20-19-23(17(15)21-16)22-18(24-19)13-5-3-2-4-6-13/h2-11,19H,1H3. The Morgan fingerprint density at radius 3 is 2.79 bits per heavy atom. The van der Waals surface area contributed by atoms with Crippen LogP contribution in [0.3, 0.4) is 0 Å². The molecule has 2 aliphatic rings. The van der Waals surface area contributed by atoms with Crippen LogP contribution in [-0.2, 0) is 0 Å². The molecule has 0 aliphatic carbocycles. The van der Waals surface area contributed by atoms with Crippen molar-refractivity contribution in [2.24, 2.45) is 10.1 Å². The number of pyridine rings is 1. The molecule has 0 spiro atoms. The quantitative estimate of drug-likeness (QED) is 0.672. The first-order chi connectivity index (χ1) is 11.8. The number of nitrogens with zero attached hydrogens (tertiary/aromatic N) is 4. The molecule has 5 rings (SSSR count). The molecule has 1 aromatic heterocycles. The smallest absolute Gasteiger partial charge is 0.196 e.